The van der Waals surface area contributed by atoms with Crippen molar-refractivity contribution in [3.63, 3.8) is 0 Å². The van der Waals surface area contributed by atoms with Gasteiger partial charge in [-0.05, 0) is 39.4 Å². The number of aliphatic hydroxyl groups is 1. The molecule has 0 fully saturated rings. The van der Waals surface area contributed by atoms with E-state index in [2.05, 4.69) is 48.1 Å². The van der Waals surface area contributed by atoms with Crippen molar-refractivity contribution in [2.75, 3.05) is 41.0 Å². The zero-order valence-electron chi connectivity index (χ0n) is 40.6. The standard InChI is InChI=1S/C32H67N.C9H18O.C2H8N2.C2H5NO.C2H6.CH4O.CH2O/c1-3-5-7-9-11-13-15-17-19-21-23-25-27-29-31-33-32-30-28-26-24-22-20-18-16-14-12-10-8-6-4-2;1-2-3-4-5-6-7-8-9-10;1-4-2-3;1-3-4-2;3*1-2/h33H,3-32H2,1-2H3;9H,2-8H2,1H3;4H,2-3H2,1H3;1H2,2H3;1-2H3;2H,1H3;1H2. The second-order valence-corrected chi connectivity index (χ2v) is 14.5. The van der Waals surface area contributed by atoms with E-state index in [0.29, 0.717) is 6.67 Å². The number of hydrogen-bond acceptors (Lipinski definition) is 8. The molecule has 0 aliphatic carbocycles. The van der Waals surface area contributed by atoms with Crippen LogP contribution in [0.3, 0.4) is 0 Å². The lowest BCUT2D eigenvalue weighted by Gasteiger charge is -2.06. The molecule has 0 aromatic carbocycles. The number of carbonyl (C=O) groups excluding carboxylic acids is 2. The number of aliphatic hydroxyl groups excluding tert-OH is 1. The molecule has 5 N–H and O–H groups in total. The van der Waals surface area contributed by atoms with Crippen molar-refractivity contribution in [3.05, 3.63) is 0 Å². The molecule has 0 saturated heterocycles. The number of oxime groups is 1. The summed E-state index contributed by atoms with van der Waals surface area (Å²) < 4.78 is 0. The normalized spacial score (nSPS) is 9.51. The molecular weight excluding hydrogens is 709 g/mol. The summed E-state index contributed by atoms with van der Waals surface area (Å²) in [6, 6.07) is 0. The van der Waals surface area contributed by atoms with Crippen LogP contribution >= 0.6 is 0 Å². The molecule has 57 heavy (non-hydrogen) atoms. The second-order valence-electron chi connectivity index (χ2n) is 14.5. The van der Waals surface area contributed by atoms with Crippen molar-refractivity contribution in [2.45, 2.75) is 259 Å². The number of aldehydes is 1. The number of hydrogen-bond donors (Lipinski definition) is 4. The molecule has 8 heteroatoms. The molecule has 0 amide bonds. The molecule has 0 rings (SSSR count). The molecule has 0 aromatic heterocycles. The van der Waals surface area contributed by atoms with Crippen LogP contribution in [-0.4, -0.2) is 65.9 Å². The maximum absolute atomic E-state index is 9.89. The molecule has 0 unspecified atom stereocenters. The Morgan fingerprint density at radius 3 is 0.877 bits per heavy atom. The summed E-state index contributed by atoms with van der Waals surface area (Å²) in [5.74, 6) is 0. The number of unbranched alkanes of at least 4 members (excludes halogenated alkanes) is 32. The van der Waals surface area contributed by atoms with Crippen molar-refractivity contribution in [1.29, 1.82) is 0 Å². The second kappa shape index (κ2) is 90.7. The van der Waals surface area contributed by atoms with E-state index in [1.807, 2.05) is 20.6 Å². The van der Waals surface area contributed by atoms with E-state index >= 15 is 0 Å². The van der Waals surface area contributed by atoms with Crippen LogP contribution in [0, 0.1) is 0 Å². The Morgan fingerprint density at radius 2 is 0.702 bits per heavy atom. The molecule has 8 nitrogen and oxygen atoms in total. The molecule has 0 aliphatic rings. The van der Waals surface area contributed by atoms with Gasteiger partial charge in [0, 0.05) is 26.9 Å². The molecule has 0 atom stereocenters. The molecule has 0 aliphatic heterocycles. The highest BCUT2D eigenvalue weighted by molar-refractivity contribution is 5.48. The molecule has 0 saturated carbocycles. The highest BCUT2D eigenvalue weighted by Gasteiger charge is 1.96. The molecule has 0 heterocycles. The number of nitrogens with zero attached hydrogens (tertiary/aromatic N) is 1. The highest BCUT2D eigenvalue weighted by Crippen LogP contribution is 2.14. The van der Waals surface area contributed by atoms with Gasteiger partial charge in [0.2, 0.25) is 0 Å². The predicted molar refractivity (Wildman–Crippen MR) is 259 cm³/mol. The van der Waals surface area contributed by atoms with E-state index < -0.39 is 0 Å². The molecular formula is C49H110N4O4. The monoisotopic (exact) mass is 819 g/mol. The van der Waals surface area contributed by atoms with Crippen LogP contribution < -0.4 is 16.4 Å². The third kappa shape index (κ3) is 107. The summed E-state index contributed by atoms with van der Waals surface area (Å²) in [7, 11) is 4.26. The number of nitrogens with one attached hydrogen (secondary N) is 2. The van der Waals surface area contributed by atoms with Crippen molar-refractivity contribution in [1.82, 2.24) is 10.6 Å². The van der Waals surface area contributed by atoms with Crippen LogP contribution in [0.2, 0.25) is 0 Å². The lowest BCUT2D eigenvalue weighted by Crippen LogP contribution is -2.16. The average molecular weight is 819 g/mol. The predicted octanol–water partition coefficient (Wildman–Crippen LogP) is 14.3. The molecule has 350 valence electrons. The van der Waals surface area contributed by atoms with Gasteiger partial charge in [0.15, 0.2) is 0 Å². The Bertz CT molecular complexity index is 542. The number of rotatable bonds is 39. The lowest BCUT2D eigenvalue weighted by molar-refractivity contribution is -0.108. The van der Waals surface area contributed by atoms with Gasteiger partial charge >= 0.3 is 0 Å². The largest absolute Gasteiger partial charge is 0.400 e. The Labute approximate surface area is 360 Å². The van der Waals surface area contributed by atoms with E-state index in [1.165, 1.54) is 232 Å². The van der Waals surface area contributed by atoms with E-state index in [0.717, 1.165) is 26.2 Å². The summed E-state index contributed by atoms with van der Waals surface area (Å²) >= 11 is 0. The van der Waals surface area contributed by atoms with Crippen LogP contribution in [0.5, 0.6) is 0 Å². The van der Waals surface area contributed by atoms with Gasteiger partial charge < -0.3 is 35.9 Å². The first kappa shape index (κ1) is 70.2. The third-order valence-electron chi connectivity index (χ3n) is 9.42. The van der Waals surface area contributed by atoms with E-state index in [4.69, 9.17) is 15.6 Å². The topological polar surface area (TPSA) is 126 Å². The Morgan fingerprint density at radius 1 is 0.509 bits per heavy atom. The number of carbonyl (C=O) groups is 2. The maximum atomic E-state index is 9.89. The zero-order chi connectivity index (χ0) is 44.4. The fraction of sp³-hybridized carbons (Fsp3) is 0.939. The summed E-state index contributed by atoms with van der Waals surface area (Å²) in [6.07, 6.45) is 50.1. The first-order valence-corrected chi connectivity index (χ1v) is 24.4. The van der Waals surface area contributed by atoms with Gasteiger partial charge in [-0.1, -0.05) is 234 Å². The summed E-state index contributed by atoms with van der Waals surface area (Å²) in [5, 5.41) is 16.4. The maximum Gasteiger partial charge on any atom is 0.119 e. The first-order chi connectivity index (χ1) is 28.2. The third-order valence-corrected chi connectivity index (χ3v) is 9.42. The van der Waals surface area contributed by atoms with Gasteiger partial charge in [-0.15, -0.1) is 5.16 Å². The minimum Gasteiger partial charge on any atom is -0.400 e. The quantitative estimate of drug-likeness (QED) is 0.0160. The van der Waals surface area contributed by atoms with E-state index in [1.54, 1.807) is 7.05 Å². The Kier molecular flexibility index (Phi) is 112. The Hall–Kier alpha value is -1.35. The SMILES string of the molecule is C=NOC.C=O.CC.CCCCCCCCC=O.CCCCCCCCCCCCCCCCNCCCCCCCCCCCCCCCC.CNCN.CO. The van der Waals surface area contributed by atoms with E-state index in [9.17, 15) is 4.79 Å². The van der Waals surface area contributed by atoms with Crippen molar-refractivity contribution >= 4 is 19.8 Å². The van der Waals surface area contributed by atoms with Crippen LogP contribution in [0.1, 0.15) is 259 Å². The van der Waals surface area contributed by atoms with E-state index in [-0.39, 0.29) is 0 Å². The lowest BCUT2D eigenvalue weighted by atomic mass is 10.0. The first-order valence-electron chi connectivity index (χ1n) is 24.4. The van der Waals surface area contributed by atoms with Gasteiger partial charge in [0.25, 0.3) is 0 Å². The highest BCUT2D eigenvalue weighted by atomic mass is 16.6. The Balaban J connectivity index is -0.000000169. The average Bonchev–Trinajstić information content (AvgIpc) is 3.27. The zero-order valence-corrected chi connectivity index (χ0v) is 40.6. The van der Waals surface area contributed by atoms with Crippen LogP contribution in [0.15, 0.2) is 5.16 Å². The van der Waals surface area contributed by atoms with Gasteiger partial charge in [0.1, 0.15) is 20.2 Å². The molecule has 0 aromatic rings. The summed E-state index contributed by atoms with van der Waals surface area (Å²) in [6.45, 7) is 18.9. The van der Waals surface area contributed by atoms with Crippen LogP contribution in [0.4, 0.5) is 0 Å². The van der Waals surface area contributed by atoms with Gasteiger partial charge in [0.05, 0.1) is 0 Å². The van der Waals surface area contributed by atoms with Gasteiger partial charge in [-0.25, -0.2) is 0 Å². The van der Waals surface area contributed by atoms with Crippen molar-refractivity contribution in [2.24, 2.45) is 10.9 Å². The van der Waals surface area contributed by atoms with Crippen molar-refractivity contribution in [3.8, 4) is 0 Å². The number of nitrogens with two attached hydrogens (primary N) is 1. The fourth-order valence-electron chi connectivity index (χ4n) is 6.02. The minimum atomic E-state index is 0.569. The van der Waals surface area contributed by atoms with Crippen LogP contribution in [-0.2, 0) is 14.4 Å². The van der Waals surface area contributed by atoms with Crippen LogP contribution in [0.25, 0.3) is 0 Å². The van der Waals surface area contributed by atoms with Gasteiger partial charge in [-0.3, -0.25) is 0 Å². The minimum absolute atomic E-state index is 0.569. The summed E-state index contributed by atoms with van der Waals surface area (Å²) in [5.41, 5.74) is 4.92. The molecule has 0 bridgehead atoms. The fourth-order valence-corrected chi connectivity index (χ4v) is 6.02. The summed E-state index contributed by atoms with van der Waals surface area (Å²) in [4.78, 5) is 21.9. The smallest absolute Gasteiger partial charge is 0.119 e. The van der Waals surface area contributed by atoms with Gasteiger partial charge in [-0.2, -0.15) is 0 Å². The van der Waals surface area contributed by atoms with Crippen molar-refractivity contribution < 1.29 is 19.5 Å². The molecule has 0 radical (unpaired) electrons. The molecule has 0 spiro atoms.